The second-order valence-corrected chi connectivity index (χ2v) is 6.54. The van der Waals surface area contributed by atoms with Crippen molar-refractivity contribution in [3.05, 3.63) is 52.1 Å². The Morgan fingerprint density at radius 2 is 1.84 bits per heavy atom. The van der Waals surface area contributed by atoms with E-state index in [4.69, 9.17) is 4.74 Å². The van der Waals surface area contributed by atoms with Crippen molar-refractivity contribution in [1.82, 2.24) is 4.98 Å². The molecule has 2 rings (SSSR count). The average Bonchev–Trinajstić information content (AvgIpc) is 2.32. The number of aryl methyl sites for hydroxylation is 1. The van der Waals surface area contributed by atoms with Crippen LogP contribution in [0.4, 0.5) is 0 Å². The third-order valence-corrected chi connectivity index (χ3v) is 3.33. The van der Waals surface area contributed by atoms with Gasteiger partial charge in [0.05, 0.1) is 0 Å². The van der Waals surface area contributed by atoms with Crippen molar-refractivity contribution < 1.29 is 4.74 Å². The Morgan fingerprint density at radius 3 is 2.47 bits per heavy atom. The van der Waals surface area contributed by atoms with Gasteiger partial charge in [0.15, 0.2) is 0 Å². The van der Waals surface area contributed by atoms with Crippen molar-refractivity contribution in [3.8, 4) is 11.6 Å². The van der Waals surface area contributed by atoms with Gasteiger partial charge in [-0.3, -0.25) is 0 Å². The number of hydrogen-bond acceptors (Lipinski definition) is 2. The van der Waals surface area contributed by atoms with Gasteiger partial charge < -0.3 is 4.74 Å². The highest BCUT2D eigenvalue weighted by atomic mass is 79.9. The van der Waals surface area contributed by atoms with Gasteiger partial charge >= 0.3 is 0 Å². The molecule has 1 heterocycles. The molecule has 0 aliphatic rings. The molecule has 3 heteroatoms. The van der Waals surface area contributed by atoms with Gasteiger partial charge in [0, 0.05) is 21.8 Å². The van der Waals surface area contributed by atoms with Gasteiger partial charge in [0.2, 0.25) is 5.88 Å². The molecule has 2 aromatic rings. The number of hydrogen-bond donors (Lipinski definition) is 0. The van der Waals surface area contributed by atoms with Gasteiger partial charge in [0.1, 0.15) is 5.75 Å². The molecule has 19 heavy (non-hydrogen) atoms. The summed E-state index contributed by atoms with van der Waals surface area (Å²) >= 11 is 3.41. The topological polar surface area (TPSA) is 22.1 Å². The van der Waals surface area contributed by atoms with Crippen LogP contribution in [0, 0.1) is 6.92 Å². The minimum atomic E-state index is 0.0415. The molecule has 0 saturated heterocycles. The fourth-order valence-electron chi connectivity index (χ4n) is 1.91. The molecule has 100 valence electrons. The standard InChI is InChI=1S/C16H18BrNO/c1-11-9-12(17)10-18-15(11)19-14-8-6-5-7-13(14)16(2,3)4/h5-10H,1-4H3. The van der Waals surface area contributed by atoms with Crippen molar-refractivity contribution in [2.45, 2.75) is 33.1 Å². The fraction of sp³-hybridized carbons (Fsp3) is 0.312. The van der Waals surface area contributed by atoms with Crippen LogP contribution < -0.4 is 4.74 Å². The van der Waals surface area contributed by atoms with E-state index in [-0.39, 0.29) is 5.41 Å². The van der Waals surface area contributed by atoms with Crippen LogP contribution in [-0.2, 0) is 5.41 Å². The number of ether oxygens (including phenoxy) is 1. The van der Waals surface area contributed by atoms with Crippen molar-refractivity contribution in [2.75, 3.05) is 0 Å². The SMILES string of the molecule is Cc1cc(Br)cnc1Oc1ccccc1C(C)(C)C. The predicted octanol–water partition coefficient (Wildman–Crippen LogP) is 5.24. The maximum Gasteiger partial charge on any atom is 0.222 e. The van der Waals surface area contributed by atoms with Crippen molar-refractivity contribution >= 4 is 15.9 Å². The van der Waals surface area contributed by atoms with E-state index in [0.29, 0.717) is 5.88 Å². The quantitative estimate of drug-likeness (QED) is 0.754. The van der Waals surface area contributed by atoms with Gasteiger partial charge in [-0.15, -0.1) is 0 Å². The smallest absolute Gasteiger partial charge is 0.222 e. The van der Waals surface area contributed by atoms with E-state index in [0.717, 1.165) is 15.8 Å². The van der Waals surface area contributed by atoms with E-state index in [9.17, 15) is 0 Å². The van der Waals surface area contributed by atoms with E-state index in [2.05, 4.69) is 47.8 Å². The summed E-state index contributed by atoms with van der Waals surface area (Å²) in [5.41, 5.74) is 2.23. The van der Waals surface area contributed by atoms with E-state index < -0.39 is 0 Å². The zero-order valence-corrected chi connectivity index (χ0v) is 13.3. The van der Waals surface area contributed by atoms with Crippen LogP contribution in [0.2, 0.25) is 0 Å². The van der Waals surface area contributed by atoms with E-state index in [1.807, 2.05) is 31.2 Å². The molecule has 0 amide bonds. The molecule has 0 aliphatic carbocycles. The van der Waals surface area contributed by atoms with E-state index in [1.54, 1.807) is 6.20 Å². The molecule has 1 aromatic carbocycles. The largest absolute Gasteiger partial charge is 0.438 e. The van der Waals surface area contributed by atoms with Crippen molar-refractivity contribution in [3.63, 3.8) is 0 Å². The molecular weight excluding hydrogens is 302 g/mol. The molecule has 0 unspecified atom stereocenters. The Labute approximate surface area is 123 Å². The normalized spacial score (nSPS) is 11.4. The Morgan fingerprint density at radius 1 is 1.16 bits per heavy atom. The Bertz CT molecular complexity index is 588. The van der Waals surface area contributed by atoms with Gasteiger partial charge in [0.25, 0.3) is 0 Å². The van der Waals surface area contributed by atoms with Crippen molar-refractivity contribution in [2.24, 2.45) is 0 Å². The predicted molar refractivity (Wildman–Crippen MR) is 81.9 cm³/mol. The summed E-state index contributed by atoms with van der Waals surface area (Å²) in [6.45, 7) is 8.53. The highest BCUT2D eigenvalue weighted by Crippen LogP contribution is 2.34. The second-order valence-electron chi connectivity index (χ2n) is 5.62. The molecule has 1 aromatic heterocycles. The van der Waals surface area contributed by atoms with Crippen LogP contribution in [0.25, 0.3) is 0 Å². The summed E-state index contributed by atoms with van der Waals surface area (Å²) in [6, 6.07) is 10.1. The molecule has 0 N–H and O–H groups in total. The Hall–Kier alpha value is -1.35. The molecule has 0 spiro atoms. The Balaban J connectivity index is 2.39. The van der Waals surface area contributed by atoms with Gasteiger partial charge in [-0.25, -0.2) is 4.98 Å². The van der Waals surface area contributed by atoms with Crippen LogP contribution in [0.1, 0.15) is 31.9 Å². The number of pyridine rings is 1. The monoisotopic (exact) mass is 319 g/mol. The molecule has 0 saturated carbocycles. The summed E-state index contributed by atoms with van der Waals surface area (Å²) < 4.78 is 6.95. The molecule has 0 bridgehead atoms. The van der Waals surface area contributed by atoms with Crippen LogP contribution in [0.15, 0.2) is 41.0 Å². The zero-order valence-electron chi connectivity index (χ0n) is 11.7. The summed E-state index contributed by atoms with van der Waals surface area (Å²) in [6.07, 6.45) is 1.75. The third-order valence-electron chi connectivity index (χ3n) is 2.90. The van der Waals surface area contributed by atoms with E-state index >= 15 is 0 Å². The lowest BCUT2D eigenvalue weighted by Gasteiger charge is -2.22. The lowest BCUT2D eigenvalue weighted by atomic mass is 9.86. The van der Waals surface area contributed by atoms with Crippen molar-refractivity contribution in [1.29, 1.82) is 0 Å². The zero-order chi connectivity index (χ0) is 14.0. The van der Waals surface area contributed by atoms with Crippen LogP contribution in [-0.4, -0.2) is 4.98 Å². The summed E-state index contributed by atoms with van der Waals surface area (Å²) in [5, 5.41) is 0. The second kappa shape index (κ2) is 5.33. The highest BCUT2D eigenvalue weighted by Gasteiger charge is 2.19. The highest BCUT2D eigenvalue weighted by molar-refractivity contribution is 9.10. The summed E-state index contributed by atoms with van der Waals surface area (Å²) in [5.74, 6) is 1.52. The lowest BCUT2D eigenvalue weighted by molar-refractivity contribution is 0.436. The van der Waals surface area contributed by atoms with Gasteiger partial charge in [-0.2, -0.15) is 0 Å². The number of para-hydroxylation sites is 1. The first-order valence-corrected chi connectivity index (χ1v) is 7.07. The van der Waals surface area contributed by atoms with Gasteiger partial charge in [-0.05, 0) is 40.4 Å². The number of aromatic nitrogens is 1. The number of benzene rings is 1. The van der Waals surface area contributed by atoms with Crippen LogP contribution in [0.3, 0.4) is 0 Å². The molecule has 2 nitrogen and oxygen atoms in total. The molecule has 0 atom stereocenters. The summed E-state index contributed by atoms with van der Waals surface area (Å²) in [4.78, 5) is 4.33. The summed E-state index contributed by atoms with van der Waals surface area (Å²) in [7, 11) is 0. The lowest BCUT2D eigenvalue weighted by Crippen LogP contribution is -2.12. The Kier molecular flexibility index (Phi) is 3.95. The maximum atomic E-state index is 5.99. The number of halogens is 1. The van der Waals surface area contributed by atoms with E-state index in [1.165, 1.54) is 5.56 Å². The maximum absolute atomic E-state index is 5.99. The fourth-order valence-corrected chi connectivity index (χ4v) is 2.36. The van der Waals surface area contributed by atoms with Crippen LogP contribution in [0.5, 0.6) is 11.6 Å². The third kappa shape index (κ3) is 3.35. The first-order valence-electron chi connectivity index (χ1n) is 6.27. The van der Waals surface area contributed by atoms with Gasteiger partial charge in [-0.1, -0.05) is 39.0 Å². The minimum absolute atomic E-state index is 0.0415. The molecule has 0 aliphatic heterocycles. The van der Waals surface area contributed by atoms with Crippen LogP contribution >= 0.6 is 15.9 Å². The minimum Gasteiger partial charge on any atom is -0.438 e. The number of nitrogens with zero attached hydrogens (tertiary/aromatic N) is 1. The molecular formula is C16H18BrNO. The first kappa shape index (κ1) is 14.1. The first-order chi connectivity index (χ1) is 8.88. The average molecular weight is 320 g/mol. The number of rotatable bonds is 2. The molecule has 0 radical (unpaired) electrons. The molecule has 0 fully saturated rings.